The lowest BCUT2D eigenvalue weighted by Gasteiger charge is -2.07. The van der Waals surface area contributed by atoms with Gasteiger partial charge in [0.2, 0.25) is 0 Å². The maximum Gasteiger partial charge on any atom is 0.251 e. The molecule has 0 spiro atoms. The van der Waals surface area contributed by atoms with Crippen LogP contribution in [-0.4, -0.2) is 37.2 Å². The van der Waals surface area contributed by atoms with E-state index in [4.69, 9.17) is 5.73 Å². The van der Waals surface area contributed by atoms with Gasteiger partial charge in [0.15, 0.2) is 0 Å². The second-order valence-corrected chi connectivity index (χ2v) is 5.94. The molecule has 0 saturated heterocycles. The van der Waals surface area contributed by atoms with Crippen LogP contribution in [0.2, 0.25) is 0 Å². The first-order valence-electron chi connectivity index (χ1n) is 8.37. The largest absolute Gasteiger partial charge is 0.384 e. The number of anilines is 1. The Morgan fingerprint density at radius 1 is 1.19 bits per heavy atom. The number of hydrogen-bond acceptors (Lipinski definition) is 6. The summed E-state index contributed by atoms with van der Waals surface area (Å²) in [5, 5.41) is 7.22. The van der Waals surface area contributed by atoms with E-state index in [1.54, 1.807) is 18.2 Å². The van der Waals surface area contributed by atoms with Gasteiger partial charge < -0.3 is 11.1 Å². The van der Waals surface area contributed by atoms with Crippen molar-refractivity contribution >= 4 is 11.7 Å². The highest BCUT2D eigenvalue weighted by molar-refractivity contribution is 5.94. The van der Waals surface area contributed by atoms with Crippen molar-refractivity contribution < 1.29 is 4.79 Å². The third-order valence-electron chi connectivity index (χ3n) is 3.93. The van der Waals surface area contributed by atoms with Crippen LogP contribution >= 0.6 is 0 Å². The first-order valence-corrected chi connectivity index (χ1v) is 8.37. The van der Waals surface area contributed by atoms with Crippen LogP contribution in [0.5, 0.6) is 0 Å². The normalized spacial score (nSPS) is 10.7. The molecule has 0 aliphatic carbocycles. The van der Waals surface area contributed by atoms with Gasteiger partial charge in [-0.3, -0.25) is 9.48 Å². The first-order chi connectivity index (χ1) is 12.5. The number of hydrogen-bond donors (Lipinski definition) is 2. The quantitative estimate of drug-likeness (QED) is 0.655. The lowest BCUT2D eigenvalue weighted by atomic mass is 10.1. The van der Waals surface area contributed by atoms with Crippen LogP contribution < -0.4 is 11.1 Å². The summed E-state index contributed by atoms with van der Waals surface area (Å²) >= 11 is 0. The smallest absolute Gasteiger partial charge is 0.251 e. The zero-order valence-corrected chi connectivity index (χ0v) is 14.8. The minimum Gasteiger partial charge on any atom is -0.384 e. The summed E-state index contributed by atoms with van der Waals surface area (Å²) in [5.41, 5.74) is 7.88. The molecule has 3 N–H and O–H groups in total. The standard InChI is InChI=1S/C18H21N7O/c1-12-23-13(2)25(24-12)9-3-8-20-18(26)15-6-4-14(5-7-15)16-10-17(19)22-11-21-16/h4-7,10-11H,3,8-9H2,1-2H3,(H,20,26)(H2,19,21,22). The maximum absolute atomic E-state index is 12.2. The molecule has 0 saturated carbocycles. The van der Waals surface area contributed by atoms with E-state index in [2.05, 4.69) is 25.4 Å². The number of nitrogens with one attached hydrogen (secondary N) is 1. The molecular weight excluding hydrogens is 330 g/mol. The average Bonchev–Trinajstić information content (AvgIpc) is 2.96. The monoisotopic (exact) mass is 351 g/mol. The number of benzene rings is 1. The summed E-state index contributed by atoms with van der Waals surface area (Å²) in [6, 6.07) is 8.93. The van der Waals surface area contributed by atoms with Crippen molar-refractivity contribution in [3.63, 3.8) is 0 Å². The van der Waals surface area contributed by atoms with Gasteiger partial charge in [0.05, 0.1) is 5.69 Å². The first kappa shape index (κ1) is 17.5. The molecule has 1 amide bonds. The van der Waals surface area contributed by atoms with E-state index in [0.29, 0.717) is 17.9 Å². The fourth-order valence-electron chi connectivity index (χ4n) is 2.63. The predicted octanol–water partition coefficient (Wildman–Crippen LogP) is 1.75. The van der Waals surface area contributed by atoms with Crippen molar-refractivity contribution in [2.24, 2.45) is 0 Å². The number of nitrogen functional groups attached to an aromatic ring is 1. The molecule has 3 aromatic rings. The second kappa shape index (κ2) is 7.73. The van der Waals surface area contributed by atoms with Gasteiger partial charge in [0, 0.05) is 30.3 Å². The van der Waals surface area contributed by atoms with Crippen molar-refractivity contribution in [2.45, 2.75) is 26.8 Å². The Morgan fingerprint density at radius 3 is 2.62 bits per heavy atom. The summed E-state index contributed by atoms with van der Waals surface area (Å²) < 4.78 is 1.85. The zero-order chi connectivity index (χ0) is 18.5. The molecule has 0 atom stereocenters. The van der Waals surface area contributed by atoms with Crippen LogP contribution in [0.15, 0.2) is 36.7 Å². The molecule has 0 fully saturated rings. The molecule has 2 aromatic heterocycles. The Labute approximate surface area is 151 Å². The Hall–Kier alpha value is -3.29. The molecule has 8 nitrogen and oxygen atoms in total. The maximum atomic E-state index is 12.2. The number of carbonyl (C=O) groups is 1. The minimum atomic E-state index is -0.106. The highest BCUT2D eigenvalue weighted by atomic mass is 16.1. The van der Waals surface area contributed by atoms with E-state index in [-0.39, 0.29) is 5.91 Å². The number of nitrogens with two attached hydrogens (primary N) is 1. The van der Waals surface area contributed by atoms with Crippen LogP contribution in [0.3, 0.4) is 0 Å². The number of rotatable bonds is 6. The fourth-order valence-corrected chi connectivity index (χ4v) is 2.63. The number of aromatic nitrogens is 5. The summed E-state index contributed by atoms with van der Waals surface area (Å²) in [4.78, 5) is 24.5. The zero-order valence-electron chi connectivity index (χ0n) is 14.8. The van der Waals surface area contributed by atoms with E-state index in [9.17, 15) is 4.79 Å². The molecule has 1 aromatic carbocycles. The third-order valence-corrected chi connectivity index (χ3v) is 3.93. The van der Waals surface area contributed by atoms with Gasteiger partial charge in [-0.25, -0.2) is 15.0 Å². The number of carbonyl (C=O) groups excluding carboxylic acids is 1. The van der Waals surface area contributed by atoms with E-state index < -0.39 is 0 Å². The summed E-state index contributed by atoms with van der Waals surface area (Å²) in [6.45, 7) is 5.08. The van der Waals surface area contributed by atoms with Gasteiger partial charge in [-0.15, -0.1) is 0 Å². The van der Waals surface area contributed by atoms with Crippen molar-refractivity contribution in [1.82, 2.24) is 30.0 Å². The van der Waals surface area contributed by atoms with E-state index in [0.717, 1.165) is 35.9 Å². The van der Waals surface area contributed by atoms with Crippen molar-refractivity contribution in [3.8, 4) is 11.3 Å². The number of aryl methyl sites for hydroxylation is 3. The van der Waals surface area contributed by atoms with E-state index >= 15 is 0 Å². The topological polar surface area (TPSA) is 112 Å². The van der Waals surface area contributed by atoms with Crippen molar-refractivity contribution in [2.75, 3.05) is 12.3 Å². The van der Waals surface area contributed by atoms with Crippen LogP contribution in [0.1, 0.15) is 28.4 Å². The van der Waals surface area contributed by atoms with E-state index in [1.807, 2.05) is 30.7 Å². The van der Waals surface area contributed by atoms with Crippen LogP contribution in [0.4, 0.5) is 5.82 Å². The van der Waals surface area contributed by atoms with Gasteiger partial charge in [-0.2, -0.15) is 5.10 Å². The Balaban J connectivity index is 1.52. The lowest BCUT2D eigenvalue weighted by molar-refractivity contribution is 0.0952. The molecule has 0 bridgehead atoms. The third kappa shape index (κ3) is 4.21. The highest BCUT2D eigenvalue weighted by Gasteiger charge is 2.07. The molecule has 8 heteroatoms. The molecule has 0 unspecified atom stereocenters. The molecule has 0 aliphatic heterocycles. The van der Waals surface area contributed by atoms with Gasteiger partial charge >= 0.3 is 0 Å². The van der Waals surface area contributed by atoms with Crippen LogP contribution in [0, 0.1) is 13.8 Å². The molecule has 3 rings (SSSR count). The minimum absolute atomic E-state index is 0.106. The Kier molecular flexibility index (Phi) is 5.21. The lowest BCUT2D eigenvalue weighted by Crippen LogP contribution is -2.25. The second-order valence-electron chi connectivity index (χ2n) is 5.94. The van der Waals surface area contributed by atoms with Crippen molar-refractivity contribution in [1.29, 1.82) is 0 Å². The summed E-state index contributed by atoms with van der Waals surface area (Å²) in [6.07, 6.45) is 2.21. The number of amides is 1. The van der Waals surface area contributed by atoms with E-state index in [1.165, 1.54) is 6.33 Å². The molecule has 134 valence electrons. The summed E-state index contributed by atoms with van der Waals surface area (Å²) in [7, 11) is 0. The summed E-state index contributed by atoms with van der Waals surface area (Å²) in [5.74, 6) is 1.95. The average molecular weight is 351 g/mol. The predicted molar refractivity (Wildman–Crippen MR) is 98.3 cm³/mol. The molecule has 26 heavy (non-hydrogen) atoms. The molecule has 0 radical (unpaired) electrons. The Bertz CT molecular complexity index is 902. The van der Waals surface area contributed by atoms with Crippen LogP contribution in [-0.2, 0) is 6.54 Å². The van der Waals surface area contributed by atoms with Gasteiger partial charge in [0.1, 0.15) is 23.8 Å². The molecular formula is C18H21N7O. The Morgan fingerprint density at radius 2 is 1.96 bits per heavy atom. The molecule has 0 aliphatic rings. The van der Waals surface area contributed by atoms with Gasteiger partial charge in [0.25, 0.3) is 5.91 Å². The van der Waals surface area contributed by atoms with Crippen LogP contribution in [0.25, 0.3) is 11.3 Å². The van der Waals surface area contributed by atoms with Crippen molar-refractivity contribution in [3.05, 3.63) is 53.9 Å². The SMILES string of the molecule is Cc1nc(C)n(CCCNC(=O)c2ccc(-c3cc(N)ncn3)cc2)n1. The van der Waals surface area contributed by atoms with Gasteiger partial charge in [-0.05, 0) is 32.4 Å². The van der Waals surface area contributed by atoms with Gasteiger partial charge in [-0.1, -0.05) is 12.1 Å². The highest BCUT2D eigenvalue weighted by Crippen LogP contribution is 2.18. The molecule has 2 heterocycles. The fraction of sp³-hybridized carbons (Fsp3) is 0.278. The number of nitrogens with zero attached hydrogens (tertiary/aromatic N) is 5.